The van der Waals surface area contributed by atoms with E-state index in [1.165, 1.54) is 31.4 Å². The third kappa shape index (κ3) is 3.42. The fourth-order valence-corrected chi connectivity index (χ4v) is 2.55. The second-order valence-corrected chi connectivity index (χ2v) is 6.13. The van der Waals surface area contributed by atoms with Crippen LogP contribution in [0.25, 0.3) is 0 Å². The minimum atomic E-state index is 0.289. The summed E-state index contributed by atoms with van der Waals surface area (Å²) in [5.41, 5.74) is 1.77. The van der Waals surface area contributed by atoms with E-state index < -0.39 is 0 Å². The molecular formula is C16H24N+. The van der Waals surface area contributed by atoms with Crippen molar-refractivity contribution < 1.29 is 4.58 Å². The summed E-state index contributed by atoms with van der Waals surface area (Å²) in [6.45, 7) is 8.09. The molecule has 17 heavy (non-hydrogen) atoms. The van der Waals surface area contributed by atoms with Crippen molar-refractivity contribution >= 4 is 6.21 Å². The van der Waals surface area contributed by atoms with Gasteiger partial charge in [0.15, 0.2) is 5.54 Å². The smallest absolute Gasteiger partial charge is 0.153 e. The maximum absolute atomic E-state index is 2.49. The molecule has 1 aliphatic heterocycles. The Bertz CT molecular complexity index is 384. The summed E-state index contributed by atoms with van der Waals surface area (Å²) in [6.07, 6.45) is 6.20. The largest absolute Gasteiger partial charge is 0.235 e. The van der Waals surface area contributed by atoms with Gasteiger partial charge in [0.1, 0.15) is 12.8 Å². The van der Waals surface area contributed by atoms with Gasteiger partial charge in [-0.05, 0) is 38.7 Å². The predicted octanol–water partition coefficient (Wildman–Crippen LogP) is 3.52. The summed E-state index contributed by atoms with van der Waals surface area (Å²) >= 11 is 0. The van der Waals surface area contributed by atoms with E-state index in [0.717, 1.165) is 5.92 Å². The molecule has 1 aromatic rings. The molecule has 0 bridgehead atoms. The zero-order chi connectivity index (χ0) is 12.3. The molecule has 0 radical (unpaired) electrons. The Morgan fingerprint density at radius 2 is 1.88 bits per heavy atom. The van der Waals surface area contributed by atoms with Crippen molar-refractivity contribution in [1.82, 2.24) is 0 Å². The topological polar surface area (TPSA) is 3.01 Å². The van der Waals surface area contributed by atoms with Gasteiger partial charge in [0, 0.05) is 12.8 Å². The number of benzene rings is 1. The molecule has 0 amide bonds. The third-order valence-electron chi connectivity index (χ3n) is 3.67. The van der Waals surface area contributed by atoms with Crippen LogP contribution in [-0.2, 0) is 6.42 Å². The van der Waals surface area contributed by atoms with Gasteiger partial charge in [-0.15, -0.1) is 0 Å². The molecule has 0 spiro atoms. The Hall–Kier alpha value is -1.11. The van der Waals surface area contributed by atoms with Gasteiger partial charge in [-0.25, -0.2) is 4.58 Å². The van der Waals surface area contributed by atoms with E-state index in [9.17, 15) is 0 Å². The van der Waals surface area contributed by atoms with E-state index in [1.54, 1.807) is 0 Å². The average molecular weight is 230 g/mol. The van der Waals surface area contributed by atoms with Crippen LogP contribution >= 0.6 is 0 Å². The van der Waals surface area contributed by atoms with Crippen molar-refractivity contribution in [2.24, 2.45) is 5.92 Å². The minimum Gasteiger partial charge on any atom is -0.235 e. The molecule has 2 rings (SSSR count). The Morgan fingerprint density at radius 3 is 2.41 bits per heavy atom. The van der Waals surface area contributed by atoms with Crippen LogP contribution in [0.5, 0.6) is 0 Å². The van der Waals surface area contributed by atoms with Crippen LogP contribution in [0.1, 0.15) is 39.2 Å². The molecule has 1 heterocycles. The predicted molar refractivity (Wildman–Crippen MR) is 73.8 cm³/mol. The van der Waals surface area contributed by atoms with Gasteiger partial charge >= 0.3 is 0 Å². The number of nitrogens with zero attached hydrogens (tertiary/aromatic N) is 1. The van der Waals surface area contributed by atoms with Crippen molar-refractivity contribution in [1.29, 1.82) is 0 Å². The SMILES string of the molecule is CC(C)(C)[N+]1=CCC(Cc2ccccc2)CC1. The summed E-state index contributed by atoms with van der Waals surface area (Å²) in [5.74, 6) is 0.830. The first-order valence-electron chi connectivity index (χ1n) is 6.70. The Labute approximate surface area is 105 Å². The first kappa shape index (κ1) is 12.3. The van der Waals surface area contributed by atoms with Crippen molar-refractivity contribution in [2.45, 2.75) is 45.6 Å². The van der Waals surface area contributed by atoms with Crippen LogP contribution in [0.4, 0.5) is 0 Å². The Kier molecular flexibility index (Phi) is 3.66. The highest BCUT2D eigenvalue weighted by atomic mass is 15.1. The molecule has 1 heteroatoms. The highest BCUT2D eigenvalue weighted by Gasteiger charge is 2.28. The molecule has 0 saturated carbocycles. The fourth-order valence-electron chi connectivity index (χ4n) is 2.55. The van der Waals surface area contributed by atoms with E-state index in [-0.39, 0.29) is 5.54 Å². The minimum absolute atomic E-state index is 0.289. The number of hydrogen-bond donors (Lipinski definition) is 0. The van der Waals surface area contributed by atoms with Crippen molar-refractivity contribution in [3.05, 3.63) is 35.9 Å². The molecule has 1 aliphatic rings. The Balaban J connectivity index is 1.94. The van der Waals surface area contributed by atoms with Gasteiger partial charge in [-0.2, -0.15) is 0 Å². The fraction of sp³-hybridized carbons (Fsp3) is 0.562. The lowest BCUT2D eigenvalue weighted by atomic mass is 9.90. The molecule has 1 nitrogen and oxygen atoms in total. The van der Waals surface area contributed by atoms with Crippen molar-refractivity contribution in [3.8, 4) is 0 Å². The summed E-state index contributed by atoms with van der Waals surface area (Å²) in [5, 5.41) is 0. The van der Waals surface area contributed by atoms with Crippen LogP contribution in [0, 0.1) is 5.92 Å². The molecule has 1 aromatic carbocycles. The lowest BCUT2D eigenvalue weighted by molar-refractivity contribution is -0.598. The zero-order valence-corrected chi connectivity index (χ0v) is 11.3. The molecule has 1 unspecified atom stereocenters. The van der Waals surface area contributed by atoms with Gasteiger partial charge in [0.2, 0.25) is 0 Å². The molecule has 92 valence electrons. The first-order valence-corrected chi connectivity index (χ1v) is 6.70. The lowest BCUT2D eigenvalue weighted by Crippen LogP contribution is -2.38. The standard InChI is InChI=1S/C16H24N/c1-16(2,3)17-11-9-15(10-12-17)13-14-7-5-4-6-8-14/h4-8,11,15H,9-10,12-13H2,1-3H3/q+1. The van der Waals surface area contributed by atoms with E-state index >= 15 is 0 Å². The molecule has 1 atom stereocenters. The van der Waals surface area contributed by atoms with Gasteiger partial charge in [0.25, 0.3) is 0 Å². The zero-order valence-electron chi connectivity index (χ0n) is 11.3. The molecule has 0 aliphatic carbocycles. The van der Waals surface area contributed by atoms with Gasteiger partial charge < -0.3 is 0 Å². The van der Waals surface area contributed by atoms with E-state index in [4.69, 9.17) is 0 Å². The highest BCUT2D eigenvalue weighted by Crippen LogP contribution is 2.20. The monoisotopic (exact) mass is 230 g/mol. The highest BCUT2D eigenvalue weighted by molar-refractivity contribution is 5.52. The Morgan fingerprint density at radius 1 is 1.18 bits per heavy atom. The van der Waals surface area contributed by atoms with Crippen LogP contribution in [-0.4, -0.2) is 22.9 Å². The van der Waals surface area contributed by atoms with E-state index in [2.05, 4.69) is 61.9 Å². The van der Waals surface area contributed by atoms with Crippen LogP contribution in [0.15, 0.2) is 30.3 Å². The number of hydrogen-bond acceptors (Lipinski definition) is 0. The number of rotatable bonds is 2. The summed E-state index contributed by atoms with van der Waals surface area (Å²) in [6, 6.07) is 10.9. The van der Waals surface area contributed by atoms with E-state index in [0.29, 0.717) is 0 Å². The maximum atomic E-state index is 2.49. The average Bonchev–Trinajstić information content (AvgIpc) is 2.30. The molecule has 0 N–H and O–H groups in total. The second-order valence-electron chi connectivity index (χ2n) is 6.13. The van der Waals surface area contributed by atoms with Crippen molar-refractivity contribution in [3.63, 3.8) is 0 Å². The first-order chi connectivity index (χ1) is 8.05. The van der Waals surface area contributed by atoms with Gasteiger partial charge in [-0.3, -0.25) is 0 Å². The molecule has 0 fully saturated rings. The summed E-state index contributed by atoms with van der Waals surface area (Å²) in [4.78, 5) is 0. The quantitative estimate of drug-likeness (QED) is 0.684. The summed E-state index contributed by atoms with van der Waals surface area (Å²) < 4.78 is 2.49. The van der Waals surface area contributed by atoms with Crippen LogP contribution in [0.2, 0.25) is 0 Å². The van der Waals surface area contributed by atoms with Gasteiger partial charge in [-0.1, -0.05) is 30.3 Å². The normalized spacial score (nSPS) is 21.1. The van der Waals surface area contributed by atoms with Crippen LogP contribution < -0.4 is 0 Å². The third-order valence-corrected chi connectivity index (χ3v) is 3.67. The van der Waals surface area contributed by atoms with Crippen molar-refractivity contribution in [2.75, 3.05) is 6.54 Å². The molecule has 0 aromatic heterocycles. The molecular weight excluding hydrogens is 206 g/mol. The lowest BCUT2D eigenvalue weighted by Gasteiger charge is -2.25. The second kappa shape index (κ2) is 5.03. The summed E-state index contributed by atoms with van der Waals surface area (Å²) in [7, 11) is 0. The molecule has 0 saturated heterocycles. The van der Waals surface area contributed by atoms with Gasteiger partial charge in [0.05, 0.1) is 0 Å². The van der Waals surface area contributed by atoms with E-state index in [1.807, 2.05) is 0 Å². The van der Waals surface area contributed by atoms with Crippen LogP contribution in [0.3, 0.4) is 0 Å². The maximum Gasteiger partial charge on any atom is 0.153 e.